The highest BCUT2D eigenvalue weighted by molar-refractivity contribution is 5.34. The Balaban J connectivity index is 1.94. The van der Waals surface area contributed by atoms with Gasteiger partial charge < -0.3 is 14.0 Å². The minimum absolute atomic E-state index is 0.0549. The second-order valence-corrected chi connectivity index (χ2v) is 4.93. The number of hydrogen-bond acceptors (Lipinski definition) is 5. The minimum Gasteiger partial charge on any atom is -0.497 e. The third-order valence-electron chi connectivity index (χ3n) is 3.48. The molecule has 0 aliphatic heterocycles. The lowest BCUT2D eigenvalue weighted by molar-refractivity contribution is -0.386. The lowest BCUT2D eigenvalue weighted by atomic mass is 10.3. The highest BCUT2D eigenvalue weighted by atomic mass is 16.6. The van der Waals surface area contributed by atoms with E-state index in [0.29, 0.717) is 31.0 Å². The molecule has 7 heteroatoms. The molecule has 0 bridgehead atoms. The second-order valence-electron chi connectivity index (χ2n) is 4.93. The quantitative estimate of drug-likeness (QED) is 0.445. The number of nitrogens with zero attached hydrogens (tertiary/aromatic N) is 2. The number of hydrogen-bond donors (Lipinski definition) is 0. The number of nitro groups is 1. The molecule has 7 nitrogen and oxygen atoms in total. The molecule has 0 spiro atoms. The highest BCUT2D eigenvalue weighted by Gasteiger charge is 2.14. The van der Waals surface area contributed by atoms with Crippen molar-refractivity contribution in [2.24, 2.45) is 0 Å². The smallest absolute Gasteiger partial charge is 0.288 e. The number of pyridine rings is 1. The predicted molar refractivity (Wildman–Crippen MR) is 85.2 cm³/mol. The van der Waals surface area contributed by atoms with Crippen molar-refractivity contribution in [2.45, 2.75) is 19.9 Å². The maximum absolute atomic E-state index is 11.8. The first kappa shape index (κ1) is 16.5. The molecule has 1 aromatic heterocycles. The van der Waals surface area contributed by atoms with E-state index in [-0.39, 0.29) is 11.2 Å². The van der Waals surface area contributed by atoms with Gasteiger partial charge in [0.15, 0.2) is 0 Å². The summed E-state index contributed by atoms with van der Waals surface area (Å²) in [5, 5.41) is 10.9. The van der Waals surface area contributed by atoms with Gasteiger partial charge in [0.05, 0.1) is 24.3 Å². The average Bonchev–Trinajstić information content (AvgIpc) is 2.54. The Hall–Kier alpha value is -2.83. The van der Waals surface area contributed by atoms with Crippen molar-refractivity contribution in [3.8, 4) is 11.5 Å². The van der Waals surface area contributed by atoms with E-state index in [1.807, 2.05) is 0 Å². The molecule has 2 aromatic rings. The molecule has 122 valence electrons. The highest BCUT2D eigenvalue weighted by Crippen LogP contribution is 2.17. The van der Waals surface area contributed by atoms with Crippen LogP contribution in [0.3, 0.4) is 0 Å². The molecule has 1 heterocycles. The Morgan fingerprint density at radius 2 is 1.78 bits per heavy atom. The zero-order valence-electron chi connectivity index (χ0n) is 13.0. The summed E-state index contributed by atoms with van der Waals surface area (Å²) in [6.45, 7) is 2.34. The zero-order valence-corrected chi connectivity index (χ0v) is 13.0. The standard InChI is InChI=1S/C16H18N2O5/c1-12-15(18(20)21)8-9-16(19)17(12)10-3-11-23-14-6-4-13(22-2)5-7-14/h4-9H,3,10-11H2,1-2H3. The SMILES string of the molecule is COc1ccc(OCCCn2c(C)c([N+](=O)[O-])ccc2=O)cc1. The van der Waals surface area contributed by atoms with Crippen molar-refractivity contribution in [1.82, 2.24) is 4.57 Å². The maximum atomic E-state index is 11.8. The van der Waals surface area contributed by atoms with E-state index in [9.17, 15) is 14.9 Å². The maximum Gasteiger partial charge on any atom is 0.288 e. The van der Waals surface area contributed by atoms with Gasteiger partial charge in [-0.15, -0.1) is 0 Å². The summed E-state index contributed by atoms with van der Waals surface area (Å²) in [6, 6.07) is 9.64. The molecule has 0 saturated heterocycles. The fourth-order valence-electron chi connectivity index (χ4n) is 2.22. The Kier molecular flexibility index (Phi) is 5.35. The van der Waals surface area contributed by atoms with E-state index < -0.39 is 4.92 Å². The zero-order chi connectivity index (χ0) is 16.8. The van der Waals surface area contributed by atoms with Crippen LogP contribution in [0.1, 0.15) is 12.1 Å². The fourth-order valence-corrected chi connectivity index (χ4v) is 2.22. The molecule has 0 unspecified atom stereocenters. The van der Waals surface area contributed by atoms with Gasteiger partial charge in [0.1, 0.15) is 11.5 Å². The summed E-state index contributed by atoms with van der Waals surface area (Å²) < 4.78 is 12.0. The first-order valence-corrected chi connectivity index (χ1v) is 7.14. The molecule has 2 rings (SSSR count). The summed E-state index contributed by atoms with van der Waals surface area (Å²) in [6.07, 6.45) is 0.563. The van der Waals surface area contributed by atoms with E-state index in [1.54, 1.807) is 38.3 Å². The molecule has 0 radical (unpaired) electrons. The topological polar surface area (TPSA) is 83.6 Å². The Bertz CT molecular complexity index is 737. The minimum atomic E-state index is -0.487. The molecular formula is C16H18N2O5. The molecule has 0 saturated carbocycles. The van der Waals surface area contributed by atoms with Crippen molar-refractivity contribution in [3.63, 3.8) is 0 Å². The third kappa shape index (κ3) is 4.09. The van der Waals surface area contributed by atoms with E-state index in [0.717, 1.165) is 5.75 Å². The van der Waals surface area contributed by atoms with Crippen LogP contribution in [-0.4, -0.2) is 23.2 Å². The largest absolute Gasteiger partial charge is 0.497 e. The first-order valence-electron chi connectivity index (χ1n) is 7.14. The van der Waals surface area contributed by atoms with Crippen LogP contribution in [-0.2, 0) is 6.54 Å². The van der Waals surface area contributed by atoms with Gasteiger partial charge in [-0.3, -0.25) is 14.9 Å². The molecule has 0 N–H and O–H groups in total. The van der Waals surface area contributed by atoms with Gasteiger partial charge in [0.2, 0.25) is 0 Å². The van der Waals surface area contributed by atoms with Crippen LogP contribution in [0.4, 0.5) is 5.69 Å². The molecule has 0 amide bonds. The van der Waals surface area contributed by atoms with Gasteiger partial charge >= 0.3 is 0 Å². The number of methoxy groups -OCH3 is 1. The monoisotopic (exact) mass is 318 g/mol. The van der Waals surface area contributed by atoms with Crippen molar-refractivity contribution < 1.29 is 14.4 Å². The van der Waals surface area contributed by atoms with Gasteiger partial charge in [-0.05, 0) is 37.6 Å². The number of aromatic nitrogens is 1. The van der Waals surface area contributed by atoms with Gasteiger partial charge in [0.25, 0.3) is 11.2 Å². The van der Waals surface area contributed by atoms with Gasteiger partial charge in [-0.1, -0.05) is 0 Å². The molecule has 0 aliphatic carbocycles. The van der Waals surface area contributed by atoms with Crippen molar-refractivity contribution in [1.29, 1.82) is 0 Å². The van der Waals surface area contributed by atoms with E-state index >= 15 is 0 Å². The lowest BCUT2D eigenvalue weighted by Gasteiger charge is -2.11. The van der Waals surface area contributed by atoms with Crippen LogP contribution < -0.4 is 15.0 Å². The van der Waals surface area contributed by atoms with Crippen LogP contribution in [0.25, 0.3) is 0 Å². The van der Waals surface area contributed by atoms with E-state index in [1.165, 1.54) is 16.7 Å². The van der Waals surface area contributed by atoms with Gasteiger partial charge in [-0.25, -0.2) is 0 Å². The first-order chi connectivity index (χ1) is 11.0. The summed E-state index contributed by atoms with van der Waals surface area (Å²) >= 11 is 0. The van der Waals surface area contributed by atoms with Crippen LogP contribution >= 0.6 is 0 Å². The average molecular weight is 318 g/mol. The Labute approximate surface area is 133 Å². The van der Waals surface area contributed by atoms with Crippen molar-refractivity contribution in [2.75, 3.05) is 13.7 Å². The van der Waals surface area contributed by atoms with E-state index in [4.69, 9.17) is 9.47 Å². The van der Waals surface area contributed by atoms with Crippen molar-refractivity contribution >= 4 is 5.69 Å². The normalized spacial score (nSPS) is 10.3. The van der Waals surface area contributed by atoms with Crippen LogP contribution in [0, 0.1) is 17.0 Å². The molecular weight excluding hydrogens is 300 g/mol. The van der Waals surface area contributed by atoms with Crippen LogP contribution in [0.5, 0.6) is 11.5 Å². The van der Waals surface area contributed by atoms with Crippen LogP contribution in [0.2, 0.25) is 0 Å². The third-order valence-corrected chi connectivity index (χ3v) is 3.48. The lowest BCUT2D eigenvalue weighted by Crippen LogP contribution is -2.23. The van der Waals surface area contributed by atoms with Crippen LogP contribution in [0.15, 0.2) is 41.2 Å². The number of ether oxygens (including phenoxy) is 2. The second kappa shape index (κ2) is 7.44. The molecule has 0 aliphatic rings. The molecule has 0 atom stereocenters. The predicted octanol–water partition coefficient (Wildman–Crippen LogP) is 2.54. The number of rotatable bonds is 7. The fraction of sp³-hybridized carbons (Fsp3) is 0.312. The summed E-state index contributed by atoms with van der Waals surface area (Å²) in [7, 11) is 1.59. The number of benzene rings is 1. The van der Waals surface area contributed by atoms with Gasteiger partial charge in [-0.2, -0.15) is 0 Å². The van der Waals surface area contributed by atoms with Crippen molar-refractivity contribution in [3.05, 3.63) is 62.6 Å². The summed E-state index contributed by atoms with van der Waals surface area (Å²) in [5.41, 5.74) is 0.0465. The molecule has 1 aromatic carbocycles. The Morgan fingerprint density at radius 1 is 1.13 bits per heavy atom. The Morgan fingerprint density at radius 3 is 2.39 bits per heavy atom. The molecule has 0 fully saturated rings. The van der Waals surface area contributed by atoms with E-state index in [2.05, 4.69) is 0 Å². The summed E-state index contributed by atoms with van der Waals surface area (Å²) in [4.78, 5) is 22.3. The summed E-state index contributed by atoms with van der Waals surface area (Å²) in [5.74, 6) is 1.45. The van der Waals surface area contributed by atoms with Gasteiger partial charge in [0, 0.05) is 18.7 Å². The molecule has 23 heavy (non-hydrogen) atoms.